The molecule has 0 aromatic carbocycles. The summed E-state index contributed by atoms with van der Waals surface area (Å²) in [5, 5.41) is 0. The number of fused-ring (bicyclic) bond motifs is 2. The Balaban J connectivity index is 2.25. The smallest absolute Gasteiger partial charge is 0.0142 e. The van der Waals surface area contributed by atoms with E-state index in [1.165, 1.54) is 6.42 Å². The molecule has 10 heavy (non-hydrogen) atoms. The average molecular weight is 134 g/mol. The van der Waals surface area contributed by atoms with Crippen molar-refractivity contribution >= 4 is 0 Å². The van der Waals surface area contributed by atoms with Crippen LogP contribution in [0.15, 0.2) is 24.8 Å². The summed E-state index contributed by atoms with van der Waals surface area (Å²) >= 11 is 0. The van der Waals surface area contributed by atoms with E-state index in [1.54, 1.807) is 0 Å². The van der Waals surface area contributed by atoms with Crippen molar-refractivity contribution in [2.45, 2.75) is 13.3 Å². The van der Waals surface area contributed by atoms with Crippen LogP contribution < -0.4 is 0 Å². The summed E-state index contributed by atoms with van der Waals surface area (Å²) in [5.74, 6) is 3.33. The van der Waals surface area contributed by atoms with Crippen molar-refractivity contribution in [1.29, 1.82) is 0 Å². The second kappa shape index (κ2) is 1.98. The quantitative estimate of drug-likeness (QED) is 0.484. The first-order chi connectivity index (χ1) is 4.83. The summed E-state index contributed by atoms with van der Waals surface area (Å²) < 4.78 is 0. The number of hydrogen-bond donors (Lipinski definition) is 0. The largest absolute Gasteiger partial charge is 0.103 e. The van der Waals surface area contributed by atoms with Crippen molar-refractivity contribution in [2.75, 3.05) is 0 Å². The van der Waals surface area contributed by atoms with E-state index in [0.29, 0.717) is 0 Å². The molecule has 0 aromatic heterocycles. The third-order valence-corrected chi connectivity index (χ3v) is 3.20. The van der Waals surface area contributed by atoms with Gasteiger partial charge in [-0.1, -0.05) is 25.2 Å². The van der Waals surface area contributed by atoms with Crippen LogP contribution in [0, 0.1) is 23.7 Å². The van der Waals surface area contributed by atoms with Crippen molar-refractivity contribution in [3.8, 4) is 0 Å². The molecule has 0 unspecified atom stereocenters. The van der Waals surface area contributed by atoms with Crippen LogP contribution in [0.25, 0.3) is 0 Å². The molecule has 1 fully saturated rings. The number of rotatable bonds is 1. The summed E-state index contributed by atoms with van der Waals surface area (Å²) in [6.07, 6.45) is 8.28. The molecular formula is C10H14. The van der Waals surface area contributed by atoms with E-state index >= 15 is 0 Å². The van der Waals surface area contributed by atoms with Crippen molar-refractivity contribution < 1.29 is 0 Å². The SMILES string of the molecule is C=C[C@@H]1[C@H](C)[C@H]2C=C[C@@H]1C2. The van der Waals surface area contributed by atoms with Crippen LogP contribution in [0.4, 0.5) is 0 Å². The molecule has 0 heteroatoms. The van der Waals surface area contributed by atoms with Gasteiger partial charge in [0.05, 0.1) is 0 Å². The van der Waals surface area contributed by atoms with Gasteiger partial charge in [-0.3, -0.25) is 0 Å². The lowest BCUT2D eigenvalue weighted by Crippen LogP contribution is -2.13. The van der Waals surface area contributed by atoms with Crippen LogP contribution in [0.3, 0.4) is 0 Å². The first-order valence-corrected chi connectivity index (χ1v) is 4.14. The van der Waals surface area contributed by atoms with Gasteiger partial charge in [-0.25, -0.2) is 0 Å². The Hall–Kier alpha value is -0.520. The van der Waals surface area contributed by atoms with Crippen molar-refractivity contribution in [1.82, 2.24) is 0 Å². The molecule has 0 nitrogen and oxygen atoms in total. The van der Waals surface area contributed by atoms with Gasteiger partial charge in [-0.15, -0.1) is 6.58 Å². The summed E-state index contributed by atoms with van der Waals surface area (Å²) in [6, 6.07) is 0. The van der Waals surface area contributed by atoms with Gasteiger partial charge in [0.1, 0.15) is 0 Å². The standard InChI is InChI=1S/C10H14/c1-3-10-7(2)8-4-5-9(10)6-8/h3-5,7-10H,1,6H2,2H3/t7-,8+,9-,10-/m1/s1. The number of allylic oxidation sites excluding steroid dienone is 3. The monoisotopic (exact) mass is 134 g/mol. The van der Waals surface area contributed by atoms with E-state index in [2.05, 4.69) is 31.7 Å². The van der Waals surface area contributed by atoms with Crippen LogP contribution in [-0.4, -0.2) is 0 Å². The second-order valence-electron chi connectivity index (χ2n) is 3.62. The highest BCUT2D eigenvalue weighted by Crippen LogP contribution is 2.47. The van der Waals surface area contributed by atoms with Gasteiger partial charge in [0.25, 0.3) is 0 Å². The van der Waals surface area contributed by atoms with Crippen LogP contribution in [0.1, 0.15) is 13.3 Å². The van der Waals surface area contributed by atoms with Gasteiger partial charge in [0.15, 0.2) is 0 Å². The maximum absolute atomic E-state index is 3.88. The molecule has 0 aliphatic heterocycles. The highest BCUT2D eigenvalue weighted by Gasteiger charge is 2.39. The van der Waals surface area contributed by atoms with Gasteiger partial charge in [-0.05, 0) is 30.1 Å². The van der Waals surface area contributed by atoms with Crippen molar-refractivity contribution in [3.05, 3.63) is 24.8 Å². The molecule has 2 aliphatic rings. The Bertz CT molecular complexity index is 178. The Morgan fingerprint density at radius 3 is 2.50 bits per heavy atom. The molecule has 54 valence electrons. The predicted octanol–water partition coefficient (Wildman–Crippen LogP) is 2.63. The van der Waals surface area contributed by atoms with Crippen LogP contribution in [-0.2, 0) is 0 Å². The molecule has 0 heterocycles. The van der Waals surface area contributed by atoms with Crippen molar-refractivity contribution in [2.24, 2.45) is 23.7 Å². The normalized spacial score (nSPS) is 50.1. The molecular weight excluding hydrogens is 120 g/mol. The van der Waals surface area contributed by atoms with E-state index in [4.69, 9.17) is 0 Å². The van der Waals surface area contributed by atoms with E-state index in [-0.39, 0.29) is 0 Å². The van der Waals surface area contributed by atoms with E-state index < -0.39 is 0 Å². The van der Waals surface area contributed by atoms with E-state index in [1.807, 2.05) is 0 Å². The molecule has 0 radical (unpaired) electrons. The van der Waals surface area contributed by atoms with Gasteiger partial charge in [0.2, 0.25) is 0 Å². The number of hydrogen-bond acceptors (Lipinski definition) is 0. The van der Waals surface area contributed by atoms with Gasteiger partial charge < -0.3 is 0 Å². The highest BCUT2D eigenvalue weighted by molar-refractivity contribution is 5.15. The highest BCUT2D eigenvalue weighted by atomic mass is 14.4. The Morgan fingerprint density at radius 2 is 2.10 bits per heavy atom. The summed E-state index contributed by atoms with van der Waals surface area (Å²) in [5.41, 5.74) is 0. The van der Waals surface area contributed by atoms with Crippen LogP contribution in [0.2, 0.25) is 0 Å². The Morgan fingerprint density at radius 1 is 1.40 bits per heavy atom. The third kappa shape index (κ3) is 0.622. The lowest BCUT2D eigenvalue weighted by Gasteiger charge is -2.20. The average Bonchev–Trinajstić information content (AvgIpc) is 2.46. The molecule has 2 rings (SSSR count). The van der Waals surface area contributed by atoms with E-state index in [9.17, 15) is 0 Å². The maximum atomic E-state index is 3.88. The summed E-state index contributed by atoms with van der Waals surface area (Å²) in [4.78, 5) is 0. The molecule has 0 aromatic rings. The lowest BCUT2D eigenvalue weighted by atomic mass is 9.85. The molecule has 1 saturated carbocycles. The van der Waals surface area contributed by atoms with Gasteiger partial charge in [0, 0.05) is 0 Å². The topological polar surface area (TPSA) is 0 Å². The Labute approximate surface area is 62.6 Å². The summed E-state index contributed by atoms with van der Waals surface area (Å²) in [7, 11) is 0. The minimum Gasteiger partial charge on any atom is -0.103 e. The zero-order valence-electron chi connectivity index (χ0n) is 6.46. The first-order valence-electron chi connectivity index (χ1n) is 4.14. The molecule has 0 amide bonds. The van der Waals surface area contributed by atoms with E-state index in [0.717, 1.165) is 23.7 Å². The summed E-state index contributed by atoms with van der Waals surface area (Å²) in [6.45, 7) is 6.23. The molecule has 0 spiro atoms. The third-order valence-electron chi connectivity index (χ3n) is 3.20. The fourth-order valence-corrected chi connectivity index (χ4v) is 2.50. The molecule has 2 bridgehead atoms. The molecule has 4 atom stereocenters. The lowest BCUT2D eigenvalue weighted by molar-refractivity contribution is 0.404. The van der Waals surface area contributed by atoms with Crippen LogP contribution in [0.5, 0.6) is 0 Å². The maximum Gasteiger partial charge on any atom is -0.0142 e. The minimum atomic E-state index is 0.773. The zero-order chi connectivity index (χ0) is 7.14. The van der Waals surface area contributed by atoms with Gasteiger partial charge in [-0.2, -0.15) is 0 Å². The van der Waals surface area contributed by atoms with Crippen molar-refractivity contribution in [3.63, 3.8) is 0 Å². The second-order valence-corrected chi connectivity index (χ2v) is 3.62. The fourth-order valence-electron chi connectivity index (χ4n) is 2.50. The van der Waals surface area contributed by atoms with Crippen LogP contribution >= 0.6 is 0 Å². The molecule has 2 aliphatic carbocycles. The molecule has 0 N–H and O–H groups in total. The Kier molecular flexibility index (Phi) is 1.23. The molecule has 0 saturated heterocycles. The fraction of sp³-hybridized carbons (Fsp3) is 0.600. The zero-order valence-corrected chi connectivity index (χ0v) is 6.46. The predicted molar refractivity (Wildman–Crippen MR) is 43.6 cm³/mol. The van der Waals surface area contributed by atoms with Gasteiger partial charge >= 0.3 is 0 Å². The first kappa shape index (κ1) is 6.21. The minimum absolute atomic E-state index is 0.773.